The van der Waals surface area contributed by atoms with Gasteiger partial charge in [-0.3, -0.25) is 9.88 Å². The van der Waals surface area contributed by atoms with Crippen LogP contribution in [-0.2, 0) is 11.3 Å². The Morgan fingerprint density at radius 2 is 2.24 bits per heavy atom. The van der Waals surface area contributed by atoms with Crippen LogP contribution in [-0.4, -0.2) is 35.7 Å². The maximum absolute atomic E-state index is 6.05. The van der Waals surface area contributed by atoms with Gasteiger partial charge in [-0.2, -0.15) is 0 Å². The first-order valence-corrected chi connectivity index (χ1v) is 7.51. The Labute approximate surface area is 125 Å². The summed E-state index contributed by atoms with van der Waals surface area (Å²) in [5.41, 5.74) is 9.06. The molecule has 1 aliphatic rings. The van der Waals surface area contributed by atoms with Crippen LogP contribution in [0, 0.1) is 0 Å². The van der Waals surface area contributed by atoms with Gasteiger partial charge in [0.15, 0.2) is 0 Å². The molecule has 1 unspecified atom stereocenters. The summed E-state index contributed by atoms with van der Waals surface area (Å²) in [6.07, 6.45) is 4.13. The van der Waals surface area contributed by atoms with Gasteiger partial charge in [-0.05, 0) is 50.1 Å². The Bertz CT molecular complexity index is 643. The fourth-order valence-corrected chi connectivity index (χ4v) is 3.23. The number of fused-ring (bicyclic) bond motifs is 1. The van der Waals surface area contributed by atoms with Crippen LogP contribution in [0.5, 0.6) is 0 Å². The number of hydrogen-bond donors (Lipinski definition) is 1. The molecule has 2 N–H and O–H groups in total. The highest BCUT2D eigenvalue weighted by Crippen LogP contribution is 2.28. The second kappa shape index (κ2) is 5.62. The van der Waals surface area contributed by atoms with Crippen molar-refractivity contribution in [2.45, 2.75) is 31.9 Å². The van der Waals surface area contributed by atoms with Gasteiger partial charge in [-0.15, -0.1) is 0 Å². The monoisotopic (exact) mass is 285 g/mol. The van der Waals surface area contributed by atoms with Gasteiger partial charge in [0.1, 0.15) is 0 Å². The molecule has 112 valence electrons. The van der Waals surface area contributed by atoms with Crippen molar-refractivity contribution in [3.05, 3.63) is 36.0 Å². The Morgan fingerprint density at radius 3 is 3.05 bits per heavy atom. The molecule has 1 aromatic carbocycles. The van der Waals surface area contributed by atoms with E-state index in [4.69, 9.17) is 10.5 Å². The van der Waals surface area contributed by atoms with Crippen molar-refractivity contribution in [3.8, 4) is 0 Å². The number of hydrogen-bond acceptors (Lipinski definition) is 4. The number of nitrogen functional groups attached to an aromatic ring is 1. The lowest BCUT2D eigenvalue weighted by atomic mass is 9.94. The molecule has 2 aromatic rings. The van der Waals surface area contributed by atoms with E-state index in [9.17, 15) is 0 Å². The summed E-state index contributed by atoms with van der Waals surface area (Å²) in [4.78, 5) is 6.98. The van der Waals surface area contributed by atoms with Crippen molar-refractivity contribution in [1.29, 1.82) is 0 Å². The second-order valence-corrected chi connectivity index (χ2v) is 6.18. The van der Waals surface area contributed by atoms with Gasteiger partial charge in [-0.25, -0.2) is 0 Å². The van der Waals surface area contributed by atoms with E-state index in [0.717, 1.165) is 42.6 Å². The number of nitrogens with two attached hydrogens (primary N) is 1. The number of anilines is 1. The summed E-state index contributed by atoms with van der Waals surface area (Å²) >= 11 is 0. The molecule has 1 saturated heterocycles. The topological polar surface area (TPSA) is 51.4 Å². The Morgan fingerprint density at radius 1 is 1.38 bits per heavy atom. The summed E-state index contributed by atoms with van der Waals surface area (Å²) in [7, 11) is 1.81. The van der Waals surface area contributed by atoms with Gasteiger partial charge in [0.25, 0.3) is 0 Å². The summed E-state index contributed by atoms with van der Waals surface area (Å²) < 4.78 is 5.68. The van der Waals surface area contributed by atoms with E-state index >= 15 is 0 Å². The number of methoxy groups -OCH3 is 1. The maximum Gasteiger partial charge on any atom is 0.0777 e. The molecule has 1 fully saturated rings. The number of likely N-dealkylation sites (tertiary alicyclic amines) is 1. The number of piperidine rings is 1. The van der Waals surface area contributed by atoms with Crippen molar-refractivity contribution < 1.29 is 4.74 Å². The molecule has 0 amide bonds. The van der Waals surface area contributed by atoms with Crippen LogP contribution in [0.4, 0.5) is 5.69 Å². The number of ether oxygens (including phenoxy) is 1. The van der Waals surface area contributed by atoms with E-state index in [1.807, 2.05) is 31.5 Å². The lowest BCUT2D eigenvalue weighted by Gasteiger charge is -2.39. The molecule has 1 aromatic heterocycles. The molecule has 1 atom stereocenters. The average Bonchev–Trinajstić information content (AvgIpc) is 2.51. The van der Waals surface area contributed by atoms with Crippen molar-refractivity contribution in [3.63, 3.8) is 0 Å². The van der Waals surface area contributed by atoms with Gasteiger partial charge in [0.2, 0.25) is 0 Å². The summed E-state index contributed by atoms with van der Waals surface area (Å²) in [5.74, 6) is 0. The Kier molecular flexibility index (Phi) is 3.83. The molecule has 0 radical (unpaired) electrons. The number of nitrogens with zero attached hydrogens (tertiary/aromatic N) is 2. The molecule has 0 spiro atoms. The summed E-state index contributed by atoms with van der Waals surface area (Å²) in [6, 6.07) is 8.06. The van der Waals surface area contributed by atoms with Crippen molar-refractivity contribution in [1.82, 2.24) is 9.88 Å². The van der Waals surface area contributed by atoms with Crippen molar-refractivity contribution in [2.75, 3.05) is 25.9 Å². The first-order valence-electron chi connectivity index (χ1n) is 7.51. The highest BCUT2D eigenvalue weighted by molar-refractivity contribution is 5.92. The van der Waals surface area contributed by atoms with Gasteiger partial charge in [-0.1, -0.05) is 6.07 Å². The zero-order chi connectivity index (χ0) is 14.9. The average molecular weight is 285 g/mol. The first-order chi connectivity index (χ1) is 10.1. The smallest absolute Gasteiger partial charge is 0.0777 e. The fraction of sp³-hybridized carbons (Fsp3) is 0.471. The van der Waals surface area contributed by atoms with Gasteiger partial charge in [0.05, 0.1) is 11.1 Å². The molecular weight excluding hydrogens is 262 g/mol. The highest BCUT2D eigenvalue weighted by atomic mass is 16.5. The molecule has 4 heteroatoms. The fourth-order valence-electron chi connectivity index (χ4n) is 3.23. The molecule has 0 aliphatic carbocycles. The van der Waals surface area contributed by atoms with E-state index < -0.39 is 0 Å². The standard InChI is InChI=1S/C17H23N3O/c1-17(21-2)8-4-10-20(12-17)11-13-6-7-15(18)14-5-3-9-19-16(13)14/h3,5-7,9H,4,8,10-12,18H2,1-2H3. The van der Waals surface area contributed by atoms with Crippen LogP contribution in [0.25, 0.3) is 10.9 Å². The zero-order valence-electron chi connectivity index (χ0n) is 12.8. The molecule has 0 bridgehead atoms. The molecule has 0 saturated carbocycles. The van der Waals surface area contributed by atoms with Crippen molar-refractivity contribution in [2.24, 2.45) is 0 Å². The third-order valence-corrected chi connectivity index (χ3v) is 4.51. The molecule has 3 rings (SSSR count). The van der Waals surface area contributed by atoms with Gasteiger partial charge in [0, 0.05) is 37.5 Å². The number of aromatic nitrogens is 1. The lowest BCUT2D eigenvalue weighted by Crippen LogP contribution is -2.46. The van der Waals surface area contributed by atoms with Crippen LogP contribution in [0.15, 0.2) is 30.5 Å². The van der Waals surface area contributed by atoms with E-state index in [1.54, 1.807) is 0 Å². The van der Waals surface area contributed by atoms with Crippen LogP contribution in [0.2, 0.25) is 0 Å². The molecule has 4 nitrogen and oxygen atoms in total. The predicted molar refractivity (Wildman–Crippen MR) is 86.1 cm³/mol. The lowest BCUT2D eigenvalue weighted by molar-refractivity contribution is -0.0526. The molecule has 2 heterocycles. The summed E-state index contributed by atoms with van der Waals surface area (Å²) in [5, 5.41) is 1.04. The largest absolute Gasteiger partial charge is 0.398 e. The van der Waals surface area contributed by atoms with E-state index in [0.29, 0.717) is 0 Å². The quantitative estimate of drug-likeness (QED) is 0.881. The Balaban J connectivity index is 1.87. The predicted octanol–water partition coefficient (Wildman–Crippen LogP) is 2.82. The minimum absolute atomic E-state index is 0.0325. The summed E-state index contributed by atoms with van der Waals surface area (Å²) in [6.45, 7) is 5.16. The van der Waals surface area contributed by atoms with Gasteiger partial charge < -0.3 is 10.5 Å². The van der Waals surface area contributed by atoms with Gasteiger partial charge >= 0.3 is 0 Å². The van der Waals surface area contributed by atoms with E-state index in [1.165, 1.54) is 12.0 Å². The normalized spacial score (nSPS) is 23.5. The SMILES string of the molecule is COC1(C)CCCN(Cc2ccc(N)c3cccnc23)C1. The van der Waals surface area contributed by atoms with E-state index in [2.05, 4.69) is 22.9 Å². The van der Waals surface area contributed by atoms with Crippen LogP contribution < -0.4 is 5.73 Å². The third kappa shape index (κ3) is 2.87. The number of benzene rings is 1. The number of pyridine rings is 1. The maximum atomic E-state index is 6.05. The molecule has 21 heavy (non-hydrogen) atoms. The number of rotatable bonds is 3. The van der Waals surface area contributed by atoms with Crippen LogP contribution in [0.3, 0.4) is 0 Å². The third-order valence-electron chi connectivity index (χ3n) is 4.51. The zero-order valence-corrected chi connectivity index (χ0v) is 12.8. The van der Waals surface area contributed by atoms with Crippen LogP contribution >= 0.6 is 0 Å². The highest BCUT2D eigenvalue weighted by Gasteiger charge is 2.30. The Hall–Kier alpha value is -1.65. The molecule has 1 aliphatic heterocycles. The molecular formula is C17H23N3O. The van der Waals surface area contributed by atoms with Crippen molar-refractivity contribution >= 4 is 16.6 Å². The minimum atomic E-state index is -0.0325. The second-order valence-electron chi connectivity index (χ2n) is 6.18. The first kappa shape index (κ1) is 14.3. The minimum Gasteiger partial charge on any atom is -0.398 e. The van der Waals surface area contributed by atoms with E-state index in [-0.39, 0.29) is 5.60 Å². The van der Waals surface area contributed by atoms with Crippen LogP contribution in [0.1, 0.15) is 25.3 Å².